The van der Waals surface area contributed by atoms with Gasteiger partial charge in [-0.05, 0) is 28.7 Å². The molecule has 1 aromatic rings. The maximum atomic E-state index is 4.32. The average molecular weight is 372 g/mol. The van der Waals surface area contributed by atoms with Gasteiger partial charge in [0.15, 0.2) is 0 Å². The van der Waals surface area contributed by atoms with E-state index in [1.54, 1.807) is 0 Å². The number of nitrogens with zero attached hydrogens (tertiary/aromatic N) is 2. The highest BCUT2D eigenvalue weighted by molar-refractivity contribution is 14.1. The third-order valence-corrected chi connectivity index (χ3v) is 3.57. The van der Waals surface area contributed by atoms with E-state index in [9.17, 15) is 0 Å². The Morgan fingerprint density at radius 3 is 3.09 bits per heavy atom. The smallest absolute Gasteiger partial charge is 0.0808 e. The van der Waals surface area contributed by atoms with E-state index in [1.165, 1.54) is 15.0 Å². The van der Waals surface area contributed by atoms with Gasteiger partial charge in [0.25, 0.3) is 0 Å². The minimum absolute atomic E-state index is 1.09. The summed E-state index contributed by atoms with van der Waals surface area (Å²) in [6.45, 7) is 1.10. The van der Waals surface area contributed by atoms with Gasteiger partial charge in [0.05, 0.1) is 34.2 Å². The molecule has 2 rings (SSSR count). The van der Waals surface area contributed by atoms with Gasteiger partial charge in [-0.2, -0.15) is 0 Å². The zero-order valence-corrected chi connectivity index (χ0v) is 10.0. The van der Waals surface area contributed by atoms with Crippen molar-refractivity contribution < 1.29 is 0 Å². The third-order valence-electron chi connectivity index (χ3n) is 1.74. The largest absolute Gasteiger partial charge is 0.312 e. The molecule has 58 valence electrons. The van der Waals surface area contributed by atoms with E-state index >= 15 is 0 Å². The van der Waals surface area contributed by atoms with Crippen LogP contribution in [0, 0.1) is 3.57 Å². The van der Waals surface area contributed by atoms with Gasteiger partial charge in [-0.25, -0.2) is 0 Å². The first-order valence-corrected chi connectivity index (χ1v) is 5.40. The number of halogens is 2. The van der Waals surface area contributed by atoms with Crippen molar-refractivity contribution in [2.24, 2.45) is 0 Å². The number of fused-ring (bicyclic) bond motifs is 1. The van der Waals surface area contributed by atoms with Gasteiger partial charge in [-0.1, -0.05) is 0 Å². The van der Waals surface area contributed by atoms with Crippen molar-refractivity contribution >= 4 is 51.1 Å². The summed E-state index contributed by atoms with van der Waals surface area (Å²) in [5.41, 5.74) is 2.56. The number of aromatic nitrogens is 1. The minimum atomic E-state index is 1.09. The fourth-order valence-corrected chi connectivity index (χ4v) is 3.23. The Kier molecular flexibility index (Phi) is 2.22. The number of hydrogen-bond acceptors (Lipinski definition) is 2. The number of pyridine rings is 1. The molecule has 0 spiro atoms. The lowest BCUT2D eigenvalue weighted by atomic mass is 10.3. The topological polar surface area (TPSA) is 16.1 Å². The molecule has 1 aliphatic heterocycles. The van der Waals surface area contributed by atoms with Crippen LogP contribution in [-0.4, -0.2) is 11.5 Å². The summed E-state index contributed by atoms with van der Waals surface area (Å²) < 4.78 is 3.54. The lowest BCUT2D eigenvalue weighted by molar-refractivity contribution is 1.03. The SMILES string of the molecule is Ic1ccnc2c1N(I)CC2. The lowest BCUT2D eigenvalue weighted by Crippen LogP contribution is -2.04. The van der Waals surface area contributed by atoms with Crippen molar-refractivity contribution in [2.45, 2.75) is 6.42 Å². The highest BCUT2D eigenvalue weighted by atomic mass is 127. The molecule has 2 nitrogen and oxygen atoms in total. The molecule has 4 heteroatoms. The zero-order valence-electron chi connectivity index (χ0n) is 5.72. The van der Waals surface area contributed by atoms with Crippen LogP contribution in [0.1, 0.15) is 5.69 Å². The molecule has 11 heavy (non-hydrogen) atoms. The Hall–Kier alpha value is 0.410. The second kappa shape index (κ2) is 3.04. The van der Waals surface area contributed by atoms with E-state index in [-0.39, 0.29) is 0 Å². The number of anilines is 1. The van der Waals surface area contributed by atoms with Crippen molar-refractivity contribution in [3.63, 3.8) is 0 Å². The third kappa shape index (κ3) is 1.34. The van der Waals surface area contributed by atoms with Gasteiger partial charge in [-0.3, -0.25) is 4.98 Å². The number of hydrogen-bond donors (Lipinski definition) is 0. The average Bonchev–Trinajstić information content (AvgIpc) is 2.34. The Morgan fingerprint density at radius 2 is 2.36 bits per heavy atom. The normalized spacial score (nSPS) is 15.3. The molecule has 0 unspecified atom stereocenters. The molecular weight excluding hydrogens is 366 g/mol. The van der Waals surface area contributed by atoms with Crippen molar-refractivity contribution in [3.8, 4) is 0 Å². The Labute approximate surface area is 93.0 Å². The predicted octanol–water partition coefficient (Wildman–Crippen LogP) is 2.40. The molecular formula is C7H6I2N2. The van der Waals surface area contributed by atoms with Gasteiger partial charge in [-0.15, -0.1) is 0 Å². The van der Waals surface area contributed by atoms with Crippen molar-refractivity contribution in [1.82, 2.24) is 4.98 Å². The van der Waals surface area contributed by atoms with E-state index in [4.69, 9.17) is 0 Å². The Bertz CT molecular complexity index is 288. The van der Waals surface area contributed by atoms with E-state index in [2.05, 4.69) is 59.6 Å². The first kappa shape index (κ1) is 8.03. The molecule has 1 aliphatic rings. The van der Waals surface area contributed by atoms with Gasteiger partial charge in [0, 0.05) is 22.7 Å². The van der Waals surface area contributed by atoms with Gasteiger partial charge in [0.2, 0.25) is 0 Å². The van der Waals surface area contributed by atoms with Crippen LogP contribution in [0.15, 0.2) is 12.3 Å². The second-order valence-electron chi connectivity index (χ2n) is 2.42. The first-order chi connectivity index (χ1) is 5.29. The monoisotopic (exact) mass is 372 g/mol. The van der Waals surface area contributed by atoms with Crippen LogP contribution in [0.3, 0.4) is 0 Å². The van der Waals surface area contributed by atoms with Crippen LogP contribution in [0.4, 0.5) is 5.69 Å². The summed E-state index contributed by atoms with van der Waals surface area (Å²) in [6, 6.07) is 2.05. The molecule has 0 saturated carbocycles. The van der Waals surface area contributed by atoms with Crippen LogP contribution in [0.5, 0.6) is 0 Å². The first-order valence-electron chi connectivity index (χ1n) is 3.36. The Morgan fingerprint density at radius 1 is 1.55 bits per heavy atom. The Balaban J connectivity index is 2.58. The molecule has 1 aromatic heterocycles. The fraction of sp³-hybridized carbons (Fsp3) is 0.286. The molecule has 0 atom stereocenters. The standard InChI is InChI=1S/C7H6I2N2/c8-5-1-3-10-6-2-4-11(9)7(5)6/h1,3H,2,4H2. The van der Waals surface area contributed by atoms with Crippen LogP contribution < -0.4 is 3.11 Å². The van der Waals surface area contributed by atoms with E-state index < -0.39 is 0 Å². The van der Waals surface area contributed by atoms with Crippen LogP contribution >= 0.6 is 45.5 Å². The highest BCUT2D eigenvalue weighted by Gasteiger charge is 2.20. The summed E-state index contributed by atoms with van der Waals surface area (Å²) in [6.07, 6.45) is 2.98. The predicted molar refractivity (Wildman–Crippen MR) is 62.0 cm³/mol. The molecule has 0 fully saturated rings. The second-order valence-corrected chi connectivity index (χ2v) is 4.75. The van der Waals surface area contributed by atoms with Crippen LogP contribution in [-0.2, 0) is 6.42 Å². The van der Waals surface area contributed by atoms with Crippen LogP contribution in [0.25, 0.3) is 0 Å². The van der Waals surface area contributed by atoms with Gasteiger partial charge >= 0.3 is 0 Å². The molecule has 0 amide bonds. The molecule has 2 heterocycles. The number of rotatable bonds is 0. The molecule has 0 radical (unpaired) electrons. The summed E-state index contributed by atoms with van der Waals surface area (Å²) in [5, 5.41) is 0. The highest BCUT2D eigenvalue weighted by Crippen LogP contribution is 2.33. The summed E-state index contributed by atoms with van der Waals surface area (Å²) in [4.78, 5) is 4.32. The maximum absolute atomic E-state index is 4.32. The molecule has 0 saturated heterocycles. The summed E-state index contributed by atoms with van der Waals surface area (Å²) in [5.74, 6) is 0. The van der Waals surface area contributed by atoms with E-state index in [1.807, 2.05) is 6.20 Å². The minimum Gasteiger partial charge on any atom is -0.312 e. The van der Waals surface area contributed by atoms with Crippen molar-refractivity contribution in [1.29, 1.82) is 0 Å². The van der Waals surface area contributed by atoms with Gasteiger partial charge < -0.3 is 3.11 Å². The zero-order chi connectivity index (χ0) is 7.84. The molecule has 0 N–H and O–H groups in total. The van der Waals surface area contributed by atoms with Gasteiger partial charge in [0.1, 0.15) is 0 Å². The molecule has 0 aromatic carbocycles. The maximum Gasteiger partial charge on any atom is 0.0808 e. The van der Waals surface area contributed by atoms with E-state index in [0.29, 0.717) is 0 Å². The quantitative estimate of drug-likeness (QED) is 0.514. The lowest BCUT2D eigenvalue weighted by Gasteiger charge is -2.09. The van der Waals surface area contributed by atoms with Crippen LogP contribution in [0.2, 0.25) is 0 Å². The molecule has 0 bridgehead atoms. The van der Waals surface area contributed by atoms with Crippen molar-refractivity contribution in [3.05, 3.63) is 21.5 Å². The summed E-state index contributed by atoms with van der Waals surface area (Å²) >= 11 is 4.69. The van der Waals surface area contributed by atoms with Crippen molar-refractivity contribution in [2.75, 3.05) is 9.66 Å². The fourth-order valence-electron chi connectivity index (χ4n) is 1.23. The summed E-state index contributed by atoms with van der Waals surface area (Å²) in [7, 11) is 0. The molecule has 0 aliphatic carbocycles. The van der Waals surface area contributed by atoms with E-state index in [0.717, 1.165) is 13.0 Å².